The van der Waals surface area contributed by atoms with E-state index in [1.54, 1.807) is 32.9 Å². The van der Waals surface area contributed by atoms with E-state index in [1.807, 2.05) is 6.92 Å². The Hall–Kier alpha value is -3.09. The summed E-state index contributed by atoms with van der Waals surface area (Å²) < 4.78 is 5.07. The van der Waals surface area contributed by atoms with E-state index in [1.165, 1.54) is 12.1 Å². The van der Waals surface area contributed by atoms with Crippen molar-refractivity contribution in [3.05, 3.63) is 52.3 Å². The summed E-state index contributed by atoms with van der Waals surface area (Å²) in [4.78, 5) is 26.1. The molecule has 0 saturated heterocycles. The number of aromatic carboxylic acids is 1. The standard InChI is InChI=1S/C18H21N3O4/c1-5-25-18(24)15-10(2)16(19-11(15)3)12(4)20-21-14-8-6-7-13(9-14)17(22)23/h6-9,19,21H,5H2,1-4H3,(H,22,23)/p-1/b20-12+. The molecule has 2 N–H and O–H groups in total. The van der Waals surface area contributed by atoms with Crippen LogP contribution in [-0.4, -0.2) is 29.2 Å². The Balaban J connectivity index is 2.26. The van der Waals surface area contributed by atoms with Crippen LogP contribution in [0.2, 0.25) is 0 Å². The molecule has 0 spiro atoms. The van der Waals surface area contributed by atoms with Crippen molar-refractivity contribution in [1.82, 2.24) is 4.98 Å². The van der Waals surface area contributed by atoms with Gasteiger partial charge in [-0.1, -0.05) is 12.1 Å². The number of H-pyrrole nitrogens is 1. The number of benzene rings is 1. The molecule has 0 saturated carbocycles. The highest BCUT2D eigenvalue weighted by Gasteiger charge is 2.20. The smallest absolute Gasteiger partial charge is 0.340 e. The molecule has 132 valence electrons. The molecule has 25 heavy (non-hydrogen) atoms. The molecule has 0 unspecified atom stereocenters. The Morgan fingerprint density at radius 3 is 2.68 bits per heavy atom. The highest BCUT2D eigenvalue weighted by Crippen LogP contribution is 2.20. The van der Waals surface area contributed by atoms with Gasteiger partial charge in [0.25, 0.3) is 0 Å². The second kappa shape index (κ2) is 7.65. The number of ether oxygens (including phenoxy) is 1. The zero-order valence-corrected chi connectivity index (χ0v) is 14.6. The number of aromatic amines is 1. The number of carboxylic acid groups (broad SMARTS) is 1. The van der Waals surface area contributed by atoms with E-state index in [-0.39, 0.29) is 11.5 Å². The monoisotopic (exact) mass is 342 g/mol. The van der Waals surface area contributed by atoms with E-state index in [0.29, 0.717) is 35.0 Å². The Morgan fingerprint density at radius 1 is 1.32 bits per heavy atom. The van der Waals surface area contributed by atoms with E-state index in [0.717, 1.165) is 5.56 Å². The van der Waals surface area contributed by atoms with Gasteiger partial charge in [-0.05, 0) is 51.0 Å². The first kappa shape index (κ1) is 18.3. The fraction of sp³-hybridized carbons (Fsp3) is 0.278. The molecule has 1 aromatic carbocycles. The molecule has 0 fully saturated rings. The topological polar surface area (TPSA) is 107 Å². The van der Waals surface area contributed by atoms with Crippen molar-refractivity contribution in [2.45, 2.75) is 27.7 Å². The minimum Gasteiger partial charge on any atom is -0.545 e. The molecule has 0 amide bonds. The summed E-state index contributed by atoms with van der Waals surface area (Å²) in [6.07, 6.45) is 0. The van der Waals surface area contributed by atoms with Gasteiger partial charge in [0, 0.05) is 5.69 Å². The van der Waals surface area contributed by atoms with Gasteiger partial charge in [-0.3, -0.25) is 5.43 Å². The molecule has 7 nitrogen and oxygen atoms in total. The molecule has 0 aliphatic heterocycles. The molecule has 1 heterocycles. The molecule has 2 aromatic rings. The van der Waals surface area contributed by atoms with Crippen LogP contribution < -0.4 is 10.5 Å². The molecule has 0 bridgehead atoms. The molecule has 0 radical (unpaired) electrons. The number of nitrogens with zero attached hydrogens (tertiary/aromatic N) is 1. The van der Waals surface area contributed by atoms with Gasteiger partial charge in [-0.15, -0.1) is 0 Å². The first-order chi connectivity index (χ1) is 11.8. The third kappa shape index (κ3) is 4.06. The number of esters is 1. The fourth-order valence-electron chi connectivity index (χ4n) is 2.54. The lowest BCUT2D eigenvalue weighted by Crippen LogP contribution is -2.22. The average Bonchev–Trinajstić information content (AvgIpc) is 2.87. The number of carbonyl (C=O) groups is 2. The zero-order valence-electron chi connectivity index (χ0n) is 14.6. The van der Waals surface area contributed by atoms with Crippen LogP contribution in [0.3, 0.4) is 0 Å². The summed E-state index contributed by atoms with van der Waals surface area (Å²) in [6.45, 7) is 7.46. The molecular weight excluding hydrogens is 322 g/mol. The van der Waals surface area contributed by atoms with Crippen molar-refractivity contribution in [2.75, 3.05) is 12.0 Å². The van der Waals surface area contributed by atoms with Crippen LogP contribution in [0.1, 0.15) is 51.5 Å². The molecular formula is C18H20N3O4-. The lowest BCUT2D eigenvalue weighted by molar-refractivity contribution is -0.255. The average molecular weight is 342 g/mol. The van der Waals surface area contributed by atoms with E-state index in [9.17, 15) is 14.7 Å². The van der Waals surface area contributed by atoms with Gasteiger partial charge in [0.15, 0.2) is 0 Å². The molecule has 0 aliphatic carbocycles. The Bertz CT molecular complexity index is 837. The Kier molecular flexibility index (Phi) is 5.59. The summed E-state index contributed by atoms with van der Waals surface area (Å²) in [7, 11) is 0. The minimum atomic E-state index is -1.25. The van der Waals surface area contributed by atoms with Gasteiger partial charge in [0.1, 0.15) is 0 Å². The minimum absolute atomic E-state index is 0.0642. The zero-order chi connectivity index (χ0) is 18.6. The number of carbonyl (C=O) groups excluding carboxylic acids is 2. The van der Waals surface area contributed by atoms with Gasteiger partial charge in [-0.25, -0.2) is 4.79 Å². The first-order valence-corrected chi connectivity index (χ1v) is 7.83. The van der Waals surface area contributed by atoms with Crippen molar-refractivity contribution in [1.29, 1.82) is 0 Å². The molecule has 2 rings (SSSR count). The highest BCUT2D eigenvalue weighted by atomic mass is 16.5. The van der Waals surface area contributed by atoms with Crippen molar-refractivity contribution in [3.8, 4) is 0 Å². The molecule has 1 aromatic heterocycles. The van der Waals surface area contributed by atoms with Gasteiger partial charge in [0.05, 0.1) is 35.2 Å². The molecule has 0 atom stereocenters. The fourth-order valence-corrected chi connectivity index (χ4v) is 2.54. The van der Waals surface area contributed by atoms with E-state index < -0.39 is 5.97 Å². The lowest BCUT2D eigenvalue weighted by atomic mass is 10.1. The van der Waals surface area contributed by atoms with Crippen LogP contribution in [-0.2, 0) is 4.74 Å². The largest absolute Gasteiger partial charge is 0.545 e. The van der Waals surface area contributed by atoms with E-state index in [4.69, 9.17) is 4.74 Å². The Morgan fingerprint density at radius 2 is 2.04 bits per heavy atom. The number of anilines is 1. The maximum Gasteiger partial charge on any atom is 0.340 e. The predicted molar refractivity (Wildman–Crippen MR) is 92.8 cm³/mol. The lowest BCUT2D eigenvalue weighted by Gasteiger charge is -2.07. The normalized spacial score (nSPS) is 11.3. The van der Waals surface area contributed by atoms with Crippen molar-refractivity contribution >= 4 is 23.3 Å². The number of hydrogen-bond donors (Lipinski definition) is 2. The summed E-state index contributed by atoms with van der Waals surface area (Å²) in [5.41, 5.74) is 6.69. The van der Waals surface area contributed by atoms with Gasteiger partial charge >= 0.3 is 5.97 Å². The van der Waals surface area contributed by atoms with Crippen LogP contribution in [0.5, 0.6) is 0 Å². The second-order valence-electron chi connectivity index (χ2n) is 5.52. The van der Waals surface area contributed by atoms with Crippen LogP contribution in [0.4, 0.5) is 5.69 Å². The molecule has 0 aliphatic rings. The maximum atomic E-state index is 12.0. The van der Waals surface area contributed by atoms with Crippen LogP contribution in [0.15, 0.2) is 29.4 Å². The number of hydrogen-bond acceptors (Lipinski definition) is 6. The number of hydrazone groups is 1. The van der Waals surface area contributed by atoms with E-state index >= 15 is 0 Å². The predicted octanol–water partition coefficient (Wildman–Crippen LogP) is 2.01. The van der Waals surface area contributed by atoms with Crippen LogP contribution >= 0.6 is 0 Å². The van der Waals surface area contributed by atoms with Crippen LogP contribution in [0, 0.1) is 13.8 Å². The quantitative estimate of drug-likeness (QED) is 0.474. The number of rotatable bonds is 6. The second-order valence-corrected chi connectivity index (χ2v) is 5.52. The summed E-state index contributed by atoms with van der Waals surface area (Å²) in [5, 5.41) is 15.1. The van der Waals surface area contributed by atoms with Gasteiger partial charge < -0.3 is 19.6 Å². The summed E-state index contributed by atoms with van der Waals surface area (Å²) in [5.74, 6) is -1.62. The van der Waals surface area contributed by atoms with Crippen molar-refractivity contribution in [3.63, 3.8) is 0 Å². The van der Waals surface area contributed by atoms with Gasteiger partial charge in [-0.2, -0.15) is 5.10 Å². The van der Waals surface area contributed by atoms with Crippen molar-refractivity contribution in [2.24, 2.45) is 5.10 Å². The molecule has 7 heteroatoms. The Labute approximate surface area is 145 Å². The van der Waals surface area contributed by atoms with Crippen molar-refractivity contribution < 1.29 is 19.4 Å². The first-order valence-electron chi connectivity index (χ1n) is 7.83. The maximum absolute atomic E-state index is 12.0. The SMILES string of the molecule is CCOC(=O)c1c(C)[nH]c(/C(C)=N/Nc2cccc(C(=O)[O-])c2)c1C. The third-order valence-electron chi connectivity index (χ3n) is 3.73. The highest BCUT2D eigenvalue weighted by molar-refractivity contribution is 6.03. The van der Waals surface area contributed by atoms with Crippen LogP contribution in [0.25, 0.3) is 0 Å². The summed E-state index contributed by atoms with van der Waals surface area (Å²) >= 11 is 0. The third-order valence-corrected chi connectivity index (χ3v) is 3.73. The number of aromatic nitrogens is 1. The number of aryl methyl sites for hydroxylation is 1. The number of carboxylic acids is 1. The van der Waals surface area contributed by atoms with Gasteiger partial charge in [0.2, 0.25) is 0 Å². The number of nitrogens with one attached hydrogen (secondary N) is 2. The van der Waals surface area contributed by atoms with E-state index in [2.05, 4.69) is 15.5 Å². The summed E-state index contributed by atoms with van der Waals surface area (Å²) in [6, 6.07) is 6.17.